The van der Waals surface area contributed by atoms with Gasteiger partial charge in [0, 0.05) is 19.1 Å². The molecule has 2 aromatic carbocycles. The largest absolute Gasteiger partial charge is 0.416 e. The number of anilines is 1. The van der Waals surface area contributed by atoms with Crippen LogP contribution in [0.2, 0.25) is 0 Å². The fraction of sp³-hybridized carbons (Fsp3) is 0.321. The minimum atomic E-state index is -4.56. The lowest BCUT2D eigenvalue weighted by atomic mass is 10.1. The lowest BCUT2D eigenvalue weighted by molar-refractivity contribution is -0.137. The third kappa shape index (κ3) is 5.07. The molecule has 1 aliphatic heterocycles. The van der Waals surface area contributed by atoms with Crippen LogP contribution in [-0.2, 0) is 19.3 Å². The Bertz CT molecular complexity index is 1690. The van der Waals surface area contributed by atoms with Crippen LogP contribution in [0.4, 0.5) is 19.1 Å². The molecule has 1 atom stereocenters. The second-order valence-electron chi connectivity index (χ2n) is 9.49. The van der Waals surface area contributed by atoms with E-state index in [2.05, 4.69) is 11.8 Å². The second kappa shape index (κ2) is 10.5. The molecule has 3 heterocycles. The van der Waals surface area contributed by atoms with Gasteiger partial charge in [0.25, 0.3) is 5.56 Å². The molecule has 8 nitrogen and oxygen atoms in total. The summed E-state index contributed by atoms with van der Waals surface area (Å²) in [5.74, 6) is 6.29. The van der Waals surface area contributed by atoms with Crippen LogP contribution in [0, 0.1) is 11.8 Å². The maximum absolute atomic E-state index is 13.9. The molecular formula is C28H27F3N6O2. The van der Waals surface area contributed by atoms with E-state index in [1.54, 1.807) is 41.8 Å². The van der Waals surface area contributed by atoms with E-state index in [4.69, 9.17) is 10.7 Å². The van der Waals surface area contributed by atoms with Gasteiger partial charge in [-0.15, -0.1) is 5.92 Å². The Kier molecular flexibility index (Phi) is 7.06. The molecule has 202 valence electrons. The van der Waals surface area contributed by atoms with E-state index >= 15 is 0 Å². The molecule has 39 heavy (non-hydrogen) atoms. The summed E-state index contributed by atoms with van der Waals surface area (Å²) >= 11 is 0. The first-order valence-electron chi connectivity index (χ1n) is 12.6. The summed E-state index contributed by atoms with van der Waals surface area (Å²) in [6.45, 7) is 2.67. The molecule has 1 fully saturated rings. The number of nitrogens with two attached hydrogens (primary N) is 1. The highest BCUT2D eigenvalue weighted by atomic mass is 19.4. The van der Waals surface area contributed by atoms with Gasteiger partial charge in [-0.25, -0.2) is 9.36 Å². The van der Waals surface area contributed by atoms with E-state index < -0.39 is 23.0 Å². The Hall–Kier alpha value is -4.30. The molecule has 0 amide bonds. The predicted molar refractivity (Wildman–Crippen MR) is 143 cm³/mol. The molecule has 0 spiro atoms. The Morgan fingerprint density at radius 3 is 2.54 bits per heavy atom. The van der Waals surface area contributed by atoms with Crippen molar-refractivity contribution in [1.29, 1.82) is 0 Å². The third-order valence-electron chi connectivity index (χ3n) is 6.77. The minimum Gasteiger partial charge on any atom is -0.341 e. The molecule has 1 aliphatic rings. The zero-order chi connectivity index (χ0) is 27.7. The molecule has 0 bridgehead atoms. The summed E-state index contributed by atoms with van der Waals surface area (Å²) in [6.07, 6.45) is -2.85. The van der Waals surface area contributed by atoms with Crippen LogP contribution in [0.1, 0.15) is 30.9 Å². The van der Waals surface area contributed by atoms with Crippen molar-refractivity contribution in [2.24, 2.45) is 5.73 Å². The molecule has 2 N–H and O–H groups in total. The summed E-state index contributed by atoms with van der Waals surface area (Å²) in [7, 11) is 0. The van der Waals surface area contributed by atoms with Crippen molar-refractivity contribution in [3.05, 3.63) is 86.6 Å². The van der Waals surface area contributed by atoms with Crippen molar-refractivity contribution in [2.45, 2.75) is 45.1 Å². The standard InChI is InChI=1S/C28H27F3N6O2/c1-2-3-15-35-23-24(33-26(35)34-14-8-11-21(32)18-34)37(22-12-5-4-6-13-22)27(39)36(25(23)38)17-19-9-7-10-20(16-19)28(29,30)31/h4-7,9-10,12-13,16,21H,8,11,14-15,17-18,32H2,1H3. The molecule has 2 aromatic heterocycles. The number of alkyl halides is 3. The Morgan fingerprint density at radius 2 is 1.85 bits per heavy atom. The maximum atomic E-state index is 13.9. The molecule has 0 radical (unpaired) electrons. The van der Waals surface area contributed by atoms with E-state index in [0.717, 1.165) is 29.5 Å². The van der Waals surface area contributed by atoms with Crippen LogP contribution >= 0.6 is 0 Å². The van der Waals surface area contributed by atoms with Crippen molar-refractivity contribution in [3.8, 4) is 17.5 Å². The first-order chi connectivity index (χ1) is 18.7. The predicted octanol–water partition coefficient (Wildman–Crippen LogP) is 3.37. The number of rotatable bonds is 5. The average Bonchev–Trinajstić information content (AvgIpc) is 3.29. The Labute approximate surface area is 222 Å². The summed E-state index contributed by atoms with van der Waals surface area (Å²) in [4.78, 5) is 34.6. The maximum Gasteiger partial charge on any atom is 0.416 e. The summed E-state index contributed by atoms with van der Waals surface area (Å²) in [6, 6.07) is 13.3. The molecular weight excluding hydrogens is 509 g/mol. The zero-order valence-electron chi connectivity index (χ0n) is 21.3. The lowest BCUT2D eigenvalue weighted by Crippen LogP contribution is -2.44. The number of aromatic nitrogens is 4. The Balaban J connectivity index is 1.79. The number of para-hydroxylation sites is 1. The number of hydrogen-bond donors (Lipinski definition) is 1. The Morgan fingerprint density at radius 1 is 1.08 bits per heavy atom. The van der Waals surface area contributed by atoms with Crippen LogP contribution in [-0.4, -0.2) is 37.8 Å². The van der Waals surface area contributed by atoms with Crippen molar-refractivity contribution in [2.75, 3.05) is 18.0 Å². The fourth-order valence-corrected chi connectivity index (χ4v) is 4.94. The molecule has 0 saturated carbocycles. The van der Waals surface area contributed by atoms with Gasteiger partial charge in [-0.3, -0.25) is 13.9 Å². The van der Waals surface area contributed by atoms with Crippen molar-refractivity contribution >= 4 is 17.1 Å². The van der Waals surface area contributed by atoms with Crippen LogP contribution in [0.3, 0.4) is 0 Å². The molecule has 1 saturated heterocycles. The van der Waals surface area contributed by atoms with Crippen LogP contribution in [0.25, 0.3) is 16.9 Å². The number of imidazole rings is 1. The summed E-state index contributed by atoms with van der Waals surface area (Å²) in [5.41, 5.74) is 4.95. The molecule has 0 aliphatic carbocycles. The van der Waals surface area contributed by atoms with Crippen LogP contribution < -0.4 is 21.9 Å². The zero-order valence-corrected chi connectivity index (χ0v) is 21.3. The quantitative estimate of drug-likeness (QED) is 0.395. The topological polar surface area (TPSA) is 91.1 Å². The van der Waals surface area contributed by atoms with Gasteiger partial charge < -0.3 is 10.6 Å². The average molecular weight is 537 g/mol. The highest BCUT2D eigenvalue weighted by Gasteiger charge is 2.31. The number of piperidine rings is 1. The first-order valence-corrected chi connectivity index (χ1v) is 12.6. The summed E-state index contributed by atoms with van der Waals surface area (Å²) < 4.78 is 44.0. The van der Waals surface area contributed by atoms with Gasteiger partial charge in [0.1, 0.15) is 0 Å². The van der Waals surface area contributed by atoms with E-state index in [0.29, 0.717) is 24.7 Å². The molecule has 4 aromatic rings. The lowest BCUT2D eigenvalue weighted by Gasteiger charge is -2.31. The van der Waals surface area contributed by atoms with Gasteiger partial charge in [0.2, 0.25) is 5.95 Å². The van der Waals surface area contributed by atoms with Gasteiger partial charge in [0.15, 0.2) is 11.2 Å². The van der Waals surface area contributed by atoms with Crippen LogP contribution in [0.5, 0.6) is 0 Å². The monoisotopic (exact) mass is 536 g/mol. The highest BCUT2D eigenvalue weighted by Crippen LogP contribution is 2.30. The smallest absolute Gasteiger partial charge is 0.341 e. The number of fused-ring (bicyclic) bond motifs is 1. The minimum absolute atomic E-state index is 0.0712. The summed E-state index contributed by atoms with van der Waals surface area (Å²) in [5, 5.41) is 0. The highest BCUT2D eigenvalue weighted by molar-refractivity contribution is 5.76. The van der Waals surface area contributed by atoms with Gasteiger partial charge in [-0.2, -0.15) is 18.2 Å². The van der Waals surface area contributed by atoms with Crippen molar-refractivity contribution in [1.82, 2.24) is 18.7 Å². The van der Waals surface area contributed by atoms with Crippen molar-refractivity contribution < 1.29 is 13.2 Å². The van der Waals surface area contributed by atoms with E-state index in [9.17, 15) is 22.8 Å². The fourth-order valence-electron chi connectivity index (χ4n) is 4.94. The third-order valence-corrected chi connectivity index (χ3v) is 6.77. The number of nitrogens with zero attached hydrogens (tertiary/aromatic N) is 5. The molecule has 5 rings (SSSR count). The van der Waals surface area contributed by atoms with Gasteiger partial charge in [-0.1, -0.05) is 36.3 Å². The van der Waals surface area contributed by atoms with Gasteiger partial charge >= 0.3 is 11.9 Å². The number of benzene rings is 2. The molecule has 11 heteroatoms. The van der Waals surface area contributed by atoms with Crippen molar-refractivity contribution in [3.63, 3.8) is 0 Å². The first kappa shape index (κ1) is 26.3. The second-order valence-corrected chi connectivity index (χ2v) is 9.49. The van der Waals surface area contributed by atoms with E-state index in [-0.39, 0.29) is 35.9 Å². The van der Waals surface area contributed by atoms with Gasteiger partial charge in [0.05, 0.1) is 24.3 Å². The number of hydrogen-bond acceptors (Lipinski definition) is 5. The van der Waals surface area contributed by atoms with Crippen LogP contribution in [0.15, 0.2) is 64.2 Å². The SMILES string of the molecule is CC#CCn1c(N2CCCC(N)C2)nc2c1c(=O)n(Cc1cccc(C(F)(F)F)c1)c(=O)n2-c1ccccc1. The van der Waals surface area contributed by atoms with Gasteiger partial charge in [-0.05, 0) is 49.6 Å². The van der Waals surface area contributed by atoms with E-state index in [1.807, 2.05) is 4.90 Å². The van der Waals surface area contributed by atoms with E-state index in [1.165, 1.54) is 16.7 Å². The normalized spacial score (nSPS) is 15.8. The number of halogens is 3. The molecule has 1 unspecified atom stereocenters.